The Morgan fingerprint density at radius 3 is 3.12 bits per heavy atom. The number of nitrogens with zero attached hydrogens (tertiary/aromatic N) is 1. The van der Waals surface area contributed by atoms with Gasteiger partial charge in [0, 0.05) is 25.8 Å². The van der Waals surface area contributed by atoms with Gasteiger partial charge < -0.3 is 21.1 Å². The number of nitrogens with one attached hydrogen (secondary N) is 2. The number of nitrogens with two attached hydrogens (primary N) is 1. The van der Waals surface area contributed by atoms with Gasteiger partial charge in [-0.15, -0.1) is 0 Å². The standard InChI is InChI=1S/C11H16N4O2/c12-11(16)8-1-2-10(14-5-8)15-7-9-6-13-3-4-17-9/h1-2,5,9,13H,3-4,6-7H2,(H2,12,16)(H,14,15). The van der Waals surface area contributed by atoms with Crippen molar-refractivity contribution in [2.45, 2.75) is 6.10 Å². The molecule has 92 valence electrons. The summed E-state index contributed by atoms with van der Waals surface area (Å²) in [6.45, 7) is 3.17. The molecular weight excluding hydrogens is 220 g/mol. The van der Waals surface area contributed by atoms with Gasteiger partial charge in [-0.3, -0.25) is 4.79 Å². The normalized spacial score (nSPS) is 19.9. The SMILES string of the molecule is NC(=O)c1ccc(NCC2CNCCO2)nc1. The summed E-state index contributed by atoms with van der Waals surface area (Å²) in [6.07, 6.45) is 1.62. The second-order valence-electron chi connectivity index (χ2n) is 3.87. The Balaban J connectivity index is 1.84. The first-order chi connectivity index (χ1) is 8.25. The molecule has 1 fully saturated rings. The quantitative estimate of drug-likeness (QED) is 0.660. The zero-order valence-corrected chi connectivity index (χ0v) is 9.48. The van der Waals surface area contributed by atoms with Gasteiger partial charge in [0.05, 0.1) is 18.3 Å². The summed E-state index contributed by atoms with van der Waals surface area (Å²) in [5, 5.41) is 6.40. The predicted molar refractivity (Wildman–Crippen MR) is 63.9 cm³/mol. The molecule has 1 aliphatic rings. The van der Waals surface area contributed by atoms with Crippen LogP contribution in [0.4, 0.5) is 5.82 Å². The number of rotatable bonds is 4. The number of amides is 1. The Morgan fingerprint density at radius 1 is 1.65 bits per heavy atom. The van der Waals surface area contributed by atoms with Crippen LogP contribution in [0.3, 0.4) is 0 Å². The van der Waals surface area contributed by atoms with E-state index in [-0.39, 0.29) is 6.10 Å². The topological polar surface area (TPSA) is 89.3 Å². The Hall–Kier alpha value is -1.66. The number of hydrogen-bond donors (Lipinski definition) is 3. The fourth-order valence-electron chi connectivity index (χ4n) is 1.61. The van der Waals surface area contributed by atoms with E-state index in [1.165, 1.54) is 6.20 Å². The maximum Gasteiger partial charge on any atom is 0.250 e. The number of carbonyl (C=O) groups excluding carboxylic acids is 1. The maximum absolute atomic E-state index is 10.9. The molecule has 6 heteroatoms. The van der Waals surface area contributed by atoms with Crippen molar-refractivity contribution < 1.29 is 9.53 Å². The van der Waals surface area contributed by atoms with Gasteiger partial charge in [-0.2, -0.15) is 0 Å². The Labute approximate surface area is 99.5 Å². The molecule has 17 heavy (non-hydrogen) atoms. The largest absolute Gasteiger partial charge is 0.374 e. The third kappa shape index (κ3) is 3.40. The van der Waals surface area contributed by atoms with Crippen molar-refractivity contribution in [3.8, 4) is 0 Å². The molecule has 0 bridgehead atoms. The van der Waals surface area contributed by atoms with E-state index in [1.807, 2.05) is 0 Å². The third-order valence-corrected chi connectivity index (χ3v) is 2.56. The zero-order valence-electron chi connectivity index (χ0n) is 9.48. The highest BCUT2D eigenvalue weighted by Crippen LogP contribution is 2.05. The lowest BCUT2D eigenvalue weighted by molar-refractivity contribution is 0.0372. The molecule has 1 unspecified atom stereocenters. The van der Waals surface area contributed by atoms with Crippen molar-refractivity contribution in [2.24, 2.45) is 5.73 Å². The van der Waals surface area contributed by atoms with E-state index in [1.54, 1.807) is 12.1 Å². The van der Waals surface area contributed by atoms with Crippen LogP contribution in [0.5, 0.6) is 0 Å². The van der Waals surface area contributed by atoms with E-state index in [0.29, 0.717) is 17.9 Å². The molecule has 2 heterocycles. The molecule has 1 atom stereocenters. The second kappa shape index (κ2) is 5.60. The number of ether oxygens (including phenoxy) is 1. The van der Waals surface area contributed by atoms with Gasteiger partial charge in [-0.05, 0) is 12.1 Å². The van der Waals surface area contributed by atoms with E-state index >= 15 is 0 Å². The third-order valence-electron chi connectivity index (χ3n) is 2.56. The number of primary amides is 1. The number of aromatic nitrogens is 1. The number of anilines is 1. The van der Waals surface area contributed by atoms with E-state index in [9.17, 15) is 4.79 Å². The highest BCUT2D eigenvalue weighted by Gasteiger charge is 2.12. The van der Waals surface area contributed by atoms with Crippen LogP contribution in [0.2, 0.25) is 0 Å². The zero-order chi connectivity index (χ0) is 12.1. The van der Waals surface area contributed by atoms with Crippen LogP contribution >= 0.6 is 0 Å². The minimum Gasteiger partial charge on any atom is -0.374 e. The monoisotopic (exact) mass is 236 g/mol. The minimum atomic E-state index is -0.469. The molecule has 0 spiro atoms. The van der Waals surface area contributed by atoms with Crippen LogP contribution in [0.25, 0.3) is 0 Å². The molecule has 4 N–H and O–H groups in total. The summed E-state index contributed by atoms with van der Waals surface area (Å²) in [5.41, 5.74) is 5.54. The van der Waals surface area contributed by atoms with E-state index < -0.39 is 5.91 Å². The smallest absolute Gasteiger partial charge is 0.250 e. The van der Waals surface area contributed by atoms with E-state index in [4.69, 9.17) is 10.5 Å². The van der Waals surface area contributed by atoms with Crippen LogP contribution in [-0.2, 0) is 4.74 Å². The molecule has 1 amide bonds. The Morgan fingerprint density at radius 2 is 2.53 bits per heavy atom. The van der Waals surface area contributed by atoms with Gasteiger partial charge in [-0.25, -0.2) is 4.98 Å². The van der Waals surface area contributed by atoms with Crippen molar-refractivity contribution in [3.05, 3.63) is 23.9 Å². The molecule has 0 aliphatic carbocycles. The van der Waals surface area contributed by atoms with Gasteiger partial charge >= 0.3 is 0 Å². The van der Waals surface area contributed by atoms with Crippen LogP contribution in [0.15, 0.2) is 18.3 Å². The molecule has 6 nitrogen and oxygen atoms in total. The van der Waals surface area contributed by atoms with Gasteiger partial charge in [0.15, 0.2) is 0 Å². The van der Waals surface area contributed by atoms with Crippen molar-refractivity contribution >= 4 is 11.7 Å². The van der Waals surface area contributed by atoms with Crippen molar-refractivity contribution in [1.82, 2.24) is 10.3 Å². The van der Waals surface area contributed by atoms with Gasteiger partial charge in [0.2, 0.25) is 5.91 Å². The predicted octanol–water partition coefficient (Wildman–Crippen LogP) is -0.419. The van der Waals surface area contributed by atoms with E-state index in [0.717, 1.165) is 19.7 Å². The molecule has 1 aromatic rings. The number of hydrogen-bond acceptors (Lipinski definition) is 5. The van der Waals surface area contributed by atoms with Crippen LogP contribution in [0, 0.1) is 0 Å². The molecule has 1 saturated heterocycles. The molecule has 0 saturated carbocycles. The lowest BCUT2D eigenvalue weighted by Gasteiger charge is -2.23. The summed E-state index contributed by atoms with van der Waals surface area (Å²) in [7, 11) is 0. The van der Waals surface area contributed by atoms with E-state index in [2.05, 4.69) is 15.6 Å². The number of pyridine rings is 1. The molecule has 0 aromatic carbocycles. The average Bonchev–Trinajstić information content (AvgIpc) is 2.38. The second-order valence-corrected chi connectivity index (χ2v) is 3.87. The minimum absolute atomic E-state index is 0.154. The first kappa shape index (κ1) is 11.8. The highest BCUT2D eigenvalue weighted by molar-refractivity contribution is 5.92. The fourth-order valence-corrected chi connectivity index (χ4v) is 1.61. The summed E-state index contributed by atoms with van der Waals surface area (Å²) in [6, 6.07) is 3.38. The van der Waals surface area contributed by atoms with Gasteiger partial charge in [-0.1, -0.05) is 0 Å². The number of morpholine rings is 1. The molecule has 1 aliphatic heterocycles. The van der Waals surface area contributed by atoms with Crippen molar-refractivity contribution in [1.29, 1.82) is 0 Å². The number of carbonyl (C=O) groups is 1. The van der Waals surface area contributed by atoms with Gasteiger partial charge in [0.25, 0.3) is 0 Å². The lowest BCUT2D eigenvalue weighted by atomic mass is 10.2. The van der Waals surface area contributed by atoms with Crippen LogP contribution in [-0.4, -0.2) is 43.2 Å². The first-order valence-electron chi connectivity index (χ1n) is 5.58. The molecule has 0 radical (unpaired) electrons. The van der Waals surface area contributed by atoms with Crippen molar-refractivity contribution in [3.63, 3.8) is 0 Å². The maximum atomic E-state index is 10.9. The van der Waals surface area contributed by atoms with Crippen LogP contribution in [0.1, 0.15) is 10.4 Å². The highest BCUT2D eigenvalue weighted by atomic mass is 16.5. The molecule has 2 rings (SSSR count). The molecular formula is C11H16N4O2. The molecule has 1 aromatic heterocycles. The lowest BCUT2D eigenvalue weighted by Crippen LogP contribution is -2.42. The van der Waals surface area contributed by atoms with Crippen LogP contribution < -0.4 is 16.4 Å². The summed E-state index contributed by atoms with van der Waals surface area (Å²) in [4.78, 5) is 14.9. The Bertz CT molecular complexity index is 374. The summed E-state index contributed by atoms with van der Waals surface area (Å²) in [5.74, 6) is 0.244. The van der Waals surface area contributed by atoms with Crippen molar-refractivity contribution in [2.75, 3.05) is 31.6 Å². The Kier molecular flexibility index (Phi) is 3.89. The average molecular weight is 236 g/mol. The first-order valence-corrected chi connectivity index (χ1v) is 5.58. The summed E-state index contributed by atoms with van der Waals surface area (Å²) < 4.78 is 5.53. The van der Waals surface area contributed by atoms with Gasteiger partial charge in [0.1, 0.15) is 5.82 Å². The summed E-state index contributed by atoms with van der Waals surface area (Å²) >= 11 is 0. The fraction of sp³-hybridized carbons (Fsp3) is 0.455.